The summed E-state index contributed by atoms with van der Waals surface area (Å²) < 4.78 is 10.9. The van der Waals surface area contributed by atoms with Crippen LogP contribution in [0.5, 0.6) is 11.5 Å². The summed E-state index contributed by atoms with van der Waals surface area (Å²) in [5.74, 6) is 1.93. The number of rotatable bonds is 11. The van der Waals surface area contributed by atoms with Crippen LogP contribution in [0.15, 0.2) is 23.3 Å². The van der Waals surface area contributed by atoms with Crippen LogP contribution in [0.2, 0.25) is 0 Å². The Morgan fingerprint density at radius 3 is 2.33 bits per heavy atom. The lowest BCUT2D eigenvalue weighted by Gasteiger charge is -2.38. The average Bonchev–Trinajstić information content (AvgIpc) is 2.79. The van der Waals surface area contributed by atoms with Gasteiger partial charge in [-0.25, -0.2) is 5.01 Å². The Balaban J connectivity index is 1.74. The van der Waals surface area contributed by atoms with Crippen molar-refractivity contribution in [1.82, 2.24) is 5.01 Å². The first-order valence-electron chi connectivity index (χ1n) is 11.4. The third kappa shape index (κ3) is 5.57. The molecule has 5 nitrogen and oxygen atoms in total. The summed E-state index contributed by atoms with van der Waals surface area (Å²) in [5.41, 5.74) is 2.08. The van der Waals surface area contributed by atoms with Crippen molar-refractivity contribution in [2.45, 2.75) is 64.2 Å². The van der Waals surface area contributed by atoms with E-state index in [1.807, 2.05) is 18.2 Å². The second kappa shape index (κ2) is 11.7. The Kier molecular flexibility index (Phi) is 9.04. The molecule has 3 rings (SSSR count). The van der Waals surface area contributed by atoms with Crippen molar-refractivity contribution in [3.63, 3.8) is 0 Å². The number of amides is 1. The van der Waals surface area contributed by atoms with E-state index >= 15 is 0 Å². The van der Waals surface area contributed by atoms with E-state index in [1.165, 1.54) is 25.7 Å². The Bertz CT molecular complexity index is 737. The second-order valence-electron chi connectivity index (χ2n) is 8.32. The number of carbonyl (C=O) groups excluding carboxylic acids is 1. The summed E-state index contributed by atoms with van der Waals surface area (Å²) in [7, 11) is 3.30. The summed E-state index contributed by atoms with van der Waals surface area (Å²) >= 11 is 3.49. The van der Waals surface area contributed by atoms with Gasteiger partial charge >= 0.3 is 0 Å². The molecule has 0 unspecified atom stereocenters. The molecular weight excluding hydrogens is 444 g/mol. The smallest absolute Gasteiger partial charge is 0.246 e. The van der Waals surface area contributed by atoms with Crippen LogP contribution in [0.3, 0.4) is 0 Å². The molecule has 0 spiro atoms. The van der Waals surface area contributed by atoms with Gasteiger partial charge in [0.15, 0.2) is 11.5 Å². The summed E-state index contributed by atoms with van der Waals surface area (Å²) in [6.45, 7) is 0.720. The Hall–Kier alpha value is -1.56. The molecule has 166 valence electrons. The van der Waals surface area contributed by atoms with Crippen molar-refractivity contribution in [1.29, 1.82) is 0 Å². The summed E-state index contributed by atoms with van der Waals surface area (Å²) in [6.07, 6.45) is 11.5. The van der Waals surface area contributed by atoms with Crippen LogP contribution in [0.4, 0.5) is 0 Å². The molecule has 0 radical (unpaired) electrons. The monoisotopic (exact) mass is 478 g/mol. The molecule has 1 aliphatic heterocycles. The van der Waals surface area contributed by atoms with Crippen LogP contribution in [-0.2, 0) is 4.79 Å². The van der Waals surface area contributed by atoms with Gasteiger partial charge in [-0.3, -0.25) is 4.79 Å². The number of hydrogen-bond donors (Lipinski definition) is 0. The van der Waals surface area contributed by atoms with E-state index in [0.29, 0.717) is 11.5 Å². The van der Waals surface area contributed by atoms with E-state index in [0.717, 1.165) is 61.7 Å². The maximum Gasteiger partial charge on any atom is 0.246 e. The molecule has 0 N–H and O–H groups in total. The van der Waals surface area contributed by atoms with Gasteiger partial charge in [0.1, 0.15) is 0 Å². The first-order valence-corrected chi connectivity index (χ1v) is 12.5. The number of carbonyl (C=O) groups is 1. The van der Waals surface area contributed by atoms with E-state index in [2.05, 4.69) is 15.9 Å². The molecule has 1 aromatic carbocycles. The molecule has 6 heteroatoms. The fraction of sp³-hybridized carbons (Fsp3) is 0.667. The highest BCUT2D eigenvalue weighted by molar-refractivity contribution is 9.09. The van der Waals surface area contributed by atoms with Gasteiger partial charge < -0.3 is 9.47 Å². The van der Waals surface area contributed by atoms with Crippen LogP contribution in [-0.4, -0.2) is 42.7 Å². The number of fused-ring (bicyclic) bond motifs is 1. The van der Waals surface area contributed by atoms with Crippen molar-refractivity contribution in [3.8, 4) is 11.5 Å². The highest BCUT2D eigenvalue weighted by Gasteiger charge is 2.41. The molecule has 1 aliphatic carbocycles. The number of alkyl halides is 1. The zero-order valence-corrected chi connectivity index (χ0v) is 20.0. The van der Waals surface area contributed by atoms with E-state index < -0.39 is 0 Å². The Morgan fingerprint density at radius 1 is 0.967 bits per heavy atom. The fourth-order valence-corrected chi connectivity index (χ4v) is 5.09. The lowest BCUT2D eigenvalue weighted by Crippen LogP contribution is -2.46. The zero-order chi connectivity index (χ0) is 21.3. The zero-order valence-electron chi connectivity index (χ0n) is 18.4. The molecule has 0 saturated heterocycles. The van der Waals surface area contributed by atoms with Crippen LogP contribution in [0.25, 0.3) is 0 Å². The van der Waals surface area contributed by atoms with Gasteiger partial charge in [-0.05, 0) is 43.9 Å². The topological polar surface area (TPSA) is 51.1 Å². The minimum atomic E-state index is 0.0678. The SMILES string of the molecule is COc1ccc(C2=NN(CCCCCCCCBr)C(=O)[C@@H]3CCCC[C@H]23)cc1OC. The van der Waals surface area contributed by atoms with Gasteiger partial charge in [0.05, 0.1) is 19.9 Å². The highest BCUT2D eigenvalue weighted by Crippen LogP contribution is 2.39. The first kappa shape index (κ1) is 23.1. The molecule has 1 aromatic rings. The standard InChI is InChI=1S/C24H35BrN2O3/c1-29-21-14-13-18(17-22(21)30-2)23-19-11-7-8-12-20(19)24(28)27(26-23)16-10-6-4-3-5-9-15-25/h13-14,17,19-20H,3-12,15-16H2,1-2H3/t19-,20+/m0/s1. The number of hydrogen-bond acceptors (Lipinski definition) is 4. The highest BCUT2D eigenvalue weighted by atomic mass is 79.9. The van der Waals surface area contributed by atoms with Gasteiger partial charge in [-0.15, -0.1) is 0 Å². The third-order valence-corrected chi connectivity index (χ3v) is 6.91. The number of ether oxygens (including phenoxy) is 2. The molecule has 0 aromatic heterocycles. The van der Waals surface area contributed by atoms with Crippen molar-refractivity contribution in [3.05, 3.63) is 23.8 Å². The van der Waals surface area contributed by atoms with Gasteiger partial charge in [-0.2, -0.15) is 5.10 Å². The fourth-order valence-electron chi connectivity index (χ4n) is 4.69. The van der Waals surface area contributed by atoms with Crippen LogP contribution < -0.4 is 9.47 Å². The van der Waals surface area contributed by atoms with Crippen LogP contribution in [0, 0.1) is 11.8 Å². The number of unbranched alkanes of at least 4 members (excludes halogenated alkanes) is 5. The first-order chi connectivity index (χ1) is 14.7. The van der Waals surface area contributed by atoms with E-state index in [1.54, 1.807) is 19.2 Å². The number of nitrogens with zero attached hydrogens (tertiary/aromatic N) is 2. The maximum absolute atomic E-state index is 13.1. The molecule has 2 aliphatic rings. The van der Waals surface area contributed by atoms with Crippen LogP contribution >= 0.6 is 15.9 Å². The summed E-state index contributed by atoms with van der Waals surface area (Å²) in [5, 5.41) is 7.74. The molecule has 1 fully saturated rings. The molecular formula is C24H35BrN2O3. The molecule has 1 heterocycles. The van der Waals surface area contributed by atoms with Gasteiger partial charge in [0.2, 0.25) is 5.91 Å². The van der Waals surface area contributed by atoms with Gasteiger partial charge in [-0.1, -0.05) is 54.5 Å². The lowest BCUT2D eigenvalue weighted by atomic mass is 9.73. The Morgan fingerprint density at radius 2 is 1.63 bits per heavy atom. The molecule has 30 heavy (non-hydrogen) atoms. The minimum absolute atomic E-state index is 0.0678. The van der Waals surface area contributed by atoms with E-state index in [4.69, 9.17) is 14.6 Å². The maximum atomic E-state index is 13.1. The van der Waals surface area contributed by atoms with Crippen molar-refractivity contribution in [2.24, 2.45) is 16.9 Å². The number of halogens is 1. The van der Waals surface area contributed by atoms with Gasteiger partial charge in [0.25, 0.3) is 0 Å². The van der Waals surface area contributed by atoms with E-state index in [-0.39, 0.29) is 17.7 Å². The normalized spacial score (nSPS) is 21.2. The molecule has 0 bridgehead atoms. The summed E-state index contributed by atoms with van der Waals surface area (Å²) in [6, 6.07) is 5.98. The summed E-state index contributed by atoms with van der Waals surface area (Å²) in [4.78, 5) is 13.1. The van der Waals surface area contributed by atoms with E-state index in [9.17, 15) is 4.79 Å². The predicted molar refractivity (Wildman–Crippen MR) is 125 cm³/mol. The predicted octanol–water partition coefficient (Wildman–Crippen LogP) is 5.79. The molecule has 2 atom stereocenters. The quantitative estimate of drug-likeness (QED) is 0.298. The number of methoxy groups -OCH3 is 2. The van der Waals surface area contributed by atoms with Crippen LogP contribution in [0.1, 0.15) is 69.8 Å². The largest absolute Gasteiger partial charge is 0.493 e. The third-order valence-electron chi connectivity index (χ3n) is 6.35. The molecule has 1 saturated carbocycles. The van der Waals surface area contributed by atoms with Crippen molar-refractivity contribution in [2.75, 3.05) is 26.1 Å². The average molecular weight is 479 g/mol. The second-order valence-corrected chi connectivity index (χ2v) is 9.12. The van der Waals surface area contributed by atoms with Crippen molar-refractivity contribution >= 4 is 27.5 Å². The number of benzene rings is 1. The van der Waals surface area contributed by atoms with Crippen molar-refractivity contribution < 1.29 is 14.3 Å². The lowest BCUT2D eigenvalue weighted by molar-refractivity contribution is -0.139. The van der Waals surface area contributed by atoms with Gasteiger partial charge in [0, 0.05) is 29.3 Å². The molecule has 1 amide bonds. The number of hydrazone groups is 1. The Labute approximate surface area is 189 Å². The minimum Gasteiger partial charge on any atom is -0.493 e.